The summed E-state index contributed by atoms with van der Waals surface area (Å²) < 4.78 is 5.03. The van der Waals surface area contributed by atoms with Gasteiger partial charge in [-0.15, -0.1) is 11.3 Å². The molecule has 11 rings (SSSR count). The zero-order valence-corrected chi connectivity index (χ0v) is 32.2. The van der Waals surface area contributed by atoms with Crippen LogP contribution in [0.25, 0.3) is 75.5 Å². The maximum absolute atomic E-state index is 2.42. The van der Waals surface area contributed by atoms with E-state index in [1.54, 1.807) is 0 Å². The van der Waals surface area contributed by atoms with Crippen LogP contribution in [-0.2, 0) is 0 Å². The number of aromatic nitrogens is 1. The number of anilines is 3. The Bertz CT molecular complexity index is 3180. The van der Waals surface area contributed by atoms with Crippen molar-refractivity contribution in [3.8, 4) is 27.9 Å². The van der Waals surface area contributed by atoms with Crippen molar-refractivity contribution in [2.75, 3.05) is 4.90 Å². The second kappa shape index (κ2) is 14.0. The molecule has 1 aliphatic carbocycles. The smallest absolute Gasteiger partial charge is 0.0547 e. The first kappa shape index (κ1) is 33.4. The van der Waals surface area contributed by atoms with Gasteiger partial charge in [0.25, 0.3) is 0 Å². The normalized spacial score (nSPS) is 12.8. The molecule has 0 saturated carbocycles. The van der Waals surface area contributed by atoms with Gasteiger partial charge in [-0.2, -0.15) is 0 Å². The molecule has 2 heterocycles. The van der Waals surface area contributed by atoms with Gasteiger partial charge in [0, 0.05) is 53.7 Å². The summed E-state index contributed by atoms with van der Waals surface area (Å²) in [5, 5.41) is 5.15. The summed E-state index contributed by atoms with van der Waals surface area (Å²) in [5.74, 6) is 0. The van der Waals surface area contributed by atoms with Crippen LogP contribution in [0.4, 0.5) is 17.1 Å². The van der Waals surface area contributed by atoms with Crippen molar-refractivity contribution in [3.63, 3.8) is 0 Å². The molecule has 1 aliphatic rings. The molecule has 0 amide bonds. The summed E-state index contributed by atoms with van der Waals surface area (Å²) in [6, 6.07) is 69.0. The molecular weight excluding hydrogens is 709 g/mol. The molecule has 0 unspecified atom stereocenters. The average molecular weight is 747 g/mol. The van der Waals surface area contributed by atoms with Gasteiger partial charge in [-0.3, -0.25) is 0 Å². The summed E-state index contributed by atoms with van der Waals surface area (Å²) in [6.07, 6.45) is 9.10. The zero-order valence-electron chi connectivity index (χ0n) is 31.3. The summed E-state index contributed by atoms with van der Waals surface area (Å²) in [6.45, 7) is 0. The van der Waals surface area contributed by atoms with E-state index in [4.69, 9.17) is 0 Å². The van der Waals surface area contributed by atoms with Crippen LogP contribution in [-0.4, -0.2) is 4.57 Å². The monoisotopic (exact) mass is 746 g/mol. The fourth-order valence-corrected chi connectivity index (χ4v) is 9.78. The van der Waals surface area contributed by atoms with Crippen LogP contribution in [0.5, 0.6) is 0 Å². The minimum atomic E-state index is 1.10. The van der Waals surface area contributed by atoms with Crippen LogP contribution in [0.15, 0.2) is 206 Å². The molecule has 8 aromatic carbocycles. The number of nitrogens with zero attached hydrogens (tertiary/aromatic N) is 2. The lowest BCUT2D eigenvalue weighted by molar-refractivity contribution is 1.04. The lowest BCUT2D eigenvalue weighted by atomic mass is 9.97. The quantitative estimate of drug-likeness (QED) is 0.158. The van der Waals surface area contributed by atoms with Gasteiger partial charge in [-0.05, 0) is 119 Å². The van der Waals surface area contributed by atoms with Crippen molar-refractivity contribution in [3.05, 3.63) is 212 Å². The van der Waals surface area contributed by atoms with Crippen molar-refractivity contribution in [1.29, 1.82) is 0 Å². The molecular formula is C54H38N2S. The minimum absolute atomic E-state index is 1.10. The molecule has 2 nitrogen and oxygen atoms in total. The average Bonchev–Trinajstić information content (AvgIpc) is 3.82. The third kappa shape index (κ3) is 5.96. The van der Waals surface area contributed by atoms with E-state index in [2.05, 4.69) is 216 Å². The highest BCUT2D eigenvalue weighted by Gasteiger charge is 2.17. The van der Waals surface area contributed by atoms with Crippen LogP contribution in [0.3, 0.4) is 0 Å². The van der Waals surface area contributed by atoms with E-state index in [1.165, 1.54) is 81.1 Å². The number of thiophene rings is 1. The van der Waals surface area contributed by atoms with Crippen molar-refractivity contribution < 1.29 is 0 Å². The third-order valence-corrected chi connectivity index (χ3v) is 12.5. The second-order valence-electron chi connectivity index (χ2n) is 14.9. The molecule has 0 N–H and O–H groups in total. The molecule has 10 aromatic rings. The molecule has 0 spiro atoms. The molecule has 0 bridgehead atoms. The molecule has 3 heteroatoms. The lowest BCUT2D eigenvalue weighted by Gasteiger charge is -2.26. The largest absolute Gasteiger partial charge is 0.310 e. The van der Waals surface area contributed by atoms with Gasteiger partial charge in [0.1, 0.15) is 0 Å². The van der Waals surface area contributed by atoms with E-state index in [0.717, 1.165) is 29.9 Å². The molecule has 2 aromatic heterocycles. The summed E-state index contributed by atoms with van der Waals surface area (Å²) in [5.41, 5.74) is 14.3. The Hall–Kier alpha value is -6.94. The van der Waals surface area contributed by atoms with Gasteiger partial charge in [-0.25, -0.2) is 0 Å². The fraction of sp³-hybridized carbons (Fsp3) is 0.0370. The highest BCUT2D eigenvalue weighted by Crippen LogP contribution is 2.42. The Kier molecular flexibility index (Phi) is 8.19. The molecule has 0 saturated heterocycles. The molecule has 0 fully saturated rings. The number of para-hydroxylation sites is 2. The first-order valence-electron chi connectivity index (χ1n) is 19.7. The summed E-state index contributed by atoms with van der Waals surface area (Å²) in [7, 11) is 0. The van der Waals surface area contributed by atoms with E-state index < -0.39 is 0 Å². The summed E-state index contributed by atoms with van der Waals surface area (Å²) >= 11 is 1.86. The van der Waals surface area contributed by atoms with Crippen LogP contribution >= 0.6 is 11.3 Å². The van der Waals surface area contributed by atoms with Gasteiger partial charge in [0.2, 0.25) is 0 Å². The van der Waals surface area contributed by atoms with Crippen LogP contribution < -0.4 is 4.90 Å². The van der Waals surface area contributed by atoms with E-state index in [9.17, 15) is 0 Å². The van der Waals surface area contributed by atoms with E-state index in [1.807, 2.05) is 11.3 Å². The Morgan fingerprint density at radius 1 is 0.404 bits per heavy atom. The Morgan fingerprint density at radius 3 is 1.86 bits per heavy atom. The molecule has 0 aliphatic heterocycles. The van der Waals surface area contributed by atoms with E-state index in [0.29, 0.717) is 0 Å². The number of allylic oxidation sites excluding steroid dienone is 4. The minimum Gasteiger partial charge on any atom is -0.310 e. The van der Waals surface area contributed by atoms with Crippen molar-refractivity contribution in [2.24, 2.45) is 0 Å². The lowest BCUT2D eigenvalue weighted by Crippen LogP contribution is -2.09. The van der Waals surface area contributed by atoms with Gasteiger partial charge in [-0.1, -0.05) is 133 Å². The van der Waals surface area contributed by atoms with E-state index in [-0.39, 0.29) is 0 Å². The standard InChI is InChI=1S/C54H38N2S/c1-3-13-37(14-4-1)38-25-28-44(29-26-38)56-51-23-9-7-21-47(51)48-31-27-42(35-52(48)56)40-16-11-15-39(33-40)41-17-12-20-45(34-41)55(43-18-5-2-6-19-43)46-30-32-50-49-22-8-10-24-53(49)57-54(50)36-46/h2-3,5-36H,1,4H2. The number of hydrogen-bond donors (Lipinski definition) is 0. The van der Waals surface area contributed by atoms with Crippen molar-refractivity contribution >= 4 is 76.0 Å². The van der Waals surface area contributed by atoms with Gasteiger partial charge in [0.15, 0.2) is 0 Å². The second-order valence-corrected chi connectivity index (χ2v) is 15.9. The predicted octanol–water partition coefficient (Wildman–Crippen LogP) is 15.7. The van der Waals surface area contributed by atoms with Gasteiger partial charge < -0.3 is 9.47 Å². The number of rotatable bonds is 7. The topological polar surface area (TPSA) is 8.17 Å². The highest BCUT2D eigenvalue weighted by atomic mass is 32.1. The van der Waals surface area contributed by atoms with E-state index >= 15 is 0 Å². The van der Waals surface area contributed by atoms with Crippen LogP contribution in [0.1, 0.15) is 18.4 Å². The number of fused-ring (bicyclic) bond motifs is 6. The Labute approximate surface area is 336 Å². The van der Waals surface area contributed by atoms with Crippen molar-refractivity contribution in [1.82, 2.24) is 4.57 Å². The first-order chi connectivity index (χ1) is 28.2. The SMILES string of the molecule is C1=CC(c2ccc(-n3c4ccccc4c4ccc(-c5cccc(-c6cccc(N(c7ccccc7)c7ccc8c(c7)sc7ccccc78)c6)c5)cc43)cc2)=CCC1. The highest BCUT2D eigenvalue weighted by molar-refractivity contribution is 7.25. The predicted molar refractivity (Wildman–Crippen MR) is 246 cm³/mol. The maximum atomic E-state index is 2.42. The summed E-state index contributed by atoms with van der Waals surface area (Å²) in [4.78, 5) is 2.37. The maximum Gasteiger partial charge on any atom is 0.0547 e. The van der Waals surface area contributed by atoms with Crippen molar-refractivity contribution in [2.45, 2.75) is 12.8 Å². The molecule has 57 heavy (non-hydrogen) atoms. The first-order valence-corrected chi connectivity index (χ1v) is 20.5. The fourth-order valence-electron chi connectivity index (χ4n) is 8.64. The van der Waals surface area contributed by atoms with Crippen LogP contribution in [0, 0.1) is 0 Å². The third-order valence-electron chi connectivity index (χ3n) is 11.4. The molecule has 270 valence electrons. The Balaban J connectivity index is 0.982. The molecule has 0 radical (unpaired) electrons. The zero-order chi connectivity index (χ0) is 37.7. The Morgan fingerprint density at radius 2 is 1.04 bits per heavy atom. The van der Waals surface area contributed by atoms with Gasteiger partial charge >= 0.3 is 0 Å². The number of hydrogen-bond acceptors (Lipinski definition) is 2. The molecule has 0 atom stereocenters. The van der Waals surface area contributed by atoms with Crippen LogP contribution in [0.2, 0.25) is 0 Å². The van der Waals surface area contributed by atoms with Gasteiger partial charge in [0.05, 0.1) is 11.0 Å². The number of benzene rings is 8.